The third-order valence-corrected chi connectivity index (χ3v) is 3.54. The van der Waals surface area contributed by atoms with Gasteiger partial charge in [-0.15, -0.1) is 5.10 Å². The number of anilines is 1. The first-order valence-electron chi connectivity index (χ1n) is 6.88. The van der Waals surface area contributed by atoms with Crippen molar-refractivity contribution in [1.82, 2.24) is 15.5 Å². The van der Waals surface area contributed by atoms with Crippen molar-refractivity contribution in [3.63, 3.8) is 0 Å². The van der Waals surface area contributed by atoms with E-state index in [1.165, 1.54) is 0 Å². The van der Waals surface area contributed by atoms with E-state index in [1.807, 2.05) is 0 Å². The van der Waals surface area contributed by atoms with Gasteiger partial charge in [0.05, 0.1) is 18.7 Å². The van der Waals surface area contributed by atoms with Crippen molar-refractivity contribution in [2.24, 2.45) is 0 Å². The van der Waals surface area contributed by atoms with Crippen molar-refractivity contribution < 1.29 is 9.15 Å². The average molecular weight is 268 g/mol. The topological polar surface area (TPSA) is 63.4 Å². The fourth-order valence-electron chi connectivity index (χ4n) is 2.27. The highest BCUT2D eigenvalue weighted by Gasteiger charge is 2.32. The number of aromatic nitrogens is 2. The van der Waals surface area contributed by atoms with Crippen molar-refractivity contribution in [2.45, 2.75) is 51.8 Å². The van der Waals surface area contributed by atoms with E-state index in [4.69, 9.17) is 9.15 Å². The first-order valence-corrected chi connectivity index (χ1v) is 6.88. The number of hydrogen-bond donors (Lipinski definition) is 1. The first kappa shape index (κ1) is 14.3. The molecule has 1 aliphatic rings. The van der Waals surface area contributed by atoms with Crippen LogP contribution in [0.5, 0.6) is 0 Å². The van der Waals surface area contributed by atoms with Gasteiger partial charge in [0.25, 0.3) is 0 Å². The minimum atomic E-state index is -0.122. The van der Waals surface area contributed by atoms with Crippen LogP contribution in [0.3, 0.4) is 0 Å². The molecule has 2 rings (SSSR count). The Hall–Kier alpha value is -1.14. The van der Waals surface area contributed by atoms with Crippen molar-refractivity contribution in [3.8, 4) is 0 Å². The van der Waals surface area contributed by atoms with E-state index in [9.17, 15) is 0 Å². The van der Waals surface area contributed by atoms with Crippen molar-refractivity contribution in [1.29, 1.82) is 0 Å². The summed E-state index contributed by atoms with van der Waals surface area (Å²) in [5, 5.41) is 11.5. The van der Waals surface area contributed by atoms with Gasteiger partial charge >= 0.3 is 6.01 Å². The molecule has 1 atom stereocenters. The summed E-state index contributed by atoms with van der Waals surface area (Å²) in [7, 11) is 1.76. The quantitative estimate of drug-likeness (QED) is 0.874. The normalized spacial score (nSPS) is 24.2. The lowest BCUT2D eigenvalue weighted by Gasteiger charge is -2.38. The van der Waals surface area contributed by atoms with Gasteiger partial charge < -0.3 is 19.4 Å². The number of rotatable bonds is 5. The van der Waals surface area contributed by atoms with Crippen LogP contribution in [-0.2, 0) is 11.3 Å². The molecule has 6 nitrogen and oxygen atoms in total. The minimum Gasteiger partial charge on any atom is -0.407 e. The summed E-state index contributed by atoms with van der Waals surface area (Å²) in [4.78, 5) is 2.11. The molecule has 1 aromatic rings. The van der Waals surface area contributed by atoms with E-state index in [0.717, 1.165) is 25.9 Å². The molecule has 108 valence electrons. The van der Waals surface area contributed by atoms with Gasteiger partial charge in [0.2, 0.25) is 5.89 Å². The van der Waals surface area contributed by atoms with Crippen LogP contribution < -0.4 is 10.2 Å². The highest BCUT2D eigenvalue weighted by molar-refractivity contribution is 5.26. The van der Waals surface area contributed by atoms with Crippen LogP contribution in [0, 0.1) is 0 Å². The molecule has 0 radical (unpaired) electrons. The fourth-order valence-corrected chi connectivity index (χ4v) is 2.27. The average Bonchev–Trinajstić information content (AvgIpc) is 2.85. The zero-order valence-corrected chi connectivity index (χ0v) is 12.3. The summed E-state index contributed by atoms with van der Waals surface area (Å²) < 4.78 is 11.3. The van der Waals surface area contributed by atoms with Crippen molar-refractivity contribution in [2.75, 3.05) is 25.1 Å². The Labute approximate surface area is 114 Å². The van der Waals surface area contributed by atoms with Gasteiger partial charge in [-0.2, -0.15) is 0 Å². The van der Waals surface area contributed by atoms with Crippen LogP contribution >= 0.6 is 0 Å². The summed E-state index contributed by atoms with van der Waals surface area (Å²) in [6, 6.07) is 1.01. The summed E-state index contributed by atoms with van der Waals surface area (Å²) in [5.74, 6) is 0.633. The summed E-state index contributed by atoms with van der Waals surface area (Å²) in [6.07, 6.45) is 2.14. The Kier molecular flexibility index (Phi) is 4.42. The second-order valence-corrected chi connectivity index (χ2v) is 5.69. The van der Waals surface area contributed by atoms with E-state index in [2.05, 4.69) is 41.2 Å². The Bertz CT molecular complexity index is 407. The van der Waals surface area contributed by atoms with Crippen LogP contribution in [0.25, 0.3) is 0 Å². The predicted molar refractivity (Wildman–Crippen MR) is 73.1 cm³/mol. The molecule has 0 bridgehead atoms. The van der Waals surface area contributed by atoms with Gasteiger partial charge in [-0.05, 0) is 19.8 Å². The lowest BCUT2D eigenvalue weighted by atomic mass is 9.95. The van der Waals surface area contributed by atoms with Gasteiger partial charge in [-0.25, -0.2) is 0 Å². The Morgan fingerprint density at radius 1 is 1.47 bits per heavy atom. The molecular weight excluding hydrogens is 244 g/mol. The summed E-state index contributed by atoms with van der Waals surface area (Å²) in [5.41, 5.74) is -0.122. The van der Waals surface area contributed by atoms with Crippen molar-refractivity contribution in [3.05, 3.63) is 5.89 Å². The van der Waals surface area contributed by atoms with Gasteiger partial charge in [0.15, 0.2) is 0 Å². The summed E-state index contributed by atoms with van der Waals surface area (Å²) in [6.45, 7) is 8.65. The molecule has 0 aliphatic carbocycles. The maximum atomic E-state index is 5.70. The maximum Gasteiger partial charge on any atom is 0.318 e. The van der Waals surface area contributed by atoms with Crippen LogP contribution in [0.1, 0.15) is 39.5 Å². The van der Waals surface area contributed by atoms with Crippen LogP contribution in [0.15, 0.2) is 4.42 Å². The third kappa shape index (κ3) is 3.67. The van der Waals surface area contributed by atoms with E-state index >= 15 is 0 Å². The molecule has 6 heteroatoms. The maximum absolute atomic E-state index is 5.70. The lowest BCUT2D eigenvalue weighted by molar-refractivity contribution is -0.00568. The largest absolute Gasteiger partial charge is 0.407 e. The number of ether oxygens (including phenoxy) is 1. The Balaban J connectivity index is 1.98. The van der Waals surface area contributed by atoms with E-state index in [1.54, 1.807) is 7.11 Å². The molecule has 1 unspecified atom stereocenters. The van der Waals surface area contributed by atoms with E-state index < -0.39 is 0 Å². The standard InChI is InChI=1S/C13H24N4O2/c1-10(2)14-8-11-15-16-12(19-11)17-7-5-6-13(3,9-17)18-4/h10,14H,5-9H2,1-4H3. The molecule has 1 aromatic heterocycles. The van der Waals surface area contributed by atoms with Gasteiger partial charge in [0.1, 0.15) is 0 Å². The molecule has 0 aromatic carbocycles. The van der Waals surface area contributed by atoms with Crippen molar-refractivity contribution >= 4 is 6.01 Å². The predicted octanol–water partition coefficient (Wildman–Crippen LogP) is 1.57. The lowest BCUT2D eigenvalue weighted by Crippen LogP contribution is -2.47. The van der Waals surface area contributed by atoms with Gasteiger partial charge in [0, 0.05) is 19.7 Å². The molecule has 0 amide bonds. The second kappa shape index (κ2) is 5.88. The zero-order valence-electron chi connectivity index (χ0n) is 12.3. The number of hydrogen-bond acceptors (Lipinski definition) is 6. The number of nitrogens with zero attached hydrogens (tertiary/aromatic N) is 3. The molecule has 1 N–H and O–H groups in total. The first-order chi connectivity index (χ1) is 9.02. The second-order valence-electron chi connectivity index (χ2n) is 5.69. The molecule has 0 spiro atoms. The van der Waals surface area contributed by atoms with Crippen LogP contribution in [0.2, 0.25) is 0 Å². The zero-order chi connectivity index (χ0) is 13.9. The fraction of sp³-hybridized carbons (Fsp3) is 0.846. The molecule has 1 fully saturated rings. The Morgan fingerprint density at radius 3 is 2.95 bits per heavy atom. The summed E-state index contributed by atoms with van der Waals surface area (Å²) >= 11 is 0. The molecule has 1 saturated heterocycles. The SMILES string of the molecule is COC1(C)CCCN(c2nnc(CNC(C)C)o2)C1. The monoisotopic (exact) mass is 268 g/mol. The highest BCUT2D eigenvalue weighted by atomic mass is 16.5. The highest BCUT2D eigenvalue weighted by Crippen LogP contribution is 2.27. The Morgan fingerprint density at radius 2 is 2.26 bits per heavy atom. The molecular formula is C13H24N4O2. The molecule has 1 aliphatic heterocycles. The molecule has 0 saturated carbocycles. The molecule has 2 heterocycles. The van der Waals surface area contributed by atoms with Crippen LogP contribution in [-0.4, -0.2) is 42.0 Å². The molecule has 19 heavy (non-hydrogen) atoms. The van der Waals surface area contributed by atoms with Gasteiger partial charge in [-0.1, -0.05) is 18.9 Å². The third-order valence-electron chi connectivity index (χ3n) is 3.54. The minimum absolute atomic E-state index is 0.122. The number of nitrogens with one attached hydrogen (secondary N) is 1. The van der Waals surface area contributed by atoms with Gasteiger partial charge in [-0.3, -0.25) is 0 Å². The van der Waals surface area contributed by atoms with Crippen LogP contribution in [0.4, 0.5) is 6.01 Å². The number of methoxy groups -OCH3 is 1. The van der Waals surface area contributed by atoms with E-state index in [-0.39, 0.29) is 5.60 Å². The smallest absolute Gasteiger partial charge is 0.318 e. The van der Waals surface area contributed by atoms with E-state index in [0.29, 0.717) is 24.5 Å². The number of piperidine rings is 1.